The Labute approximate surface area is 112 Å². The Bertz CT molecular complexity index is 765. The van der Waals surface area contributed by atoms with Crippen molar-refractivity contribution in [2.24, 2.45) is 0 Å². The molecule has 3 rings (SSSR count). The van der Waals surface area contributed by atoms with Crippen molar-refractivity contribution in [3.05, 3.63) is 66.1 Å². The van der Waals surface area contributed by atoms with Crippen LogP contribution in [0.5, 0.6) is 0 Å². The molecule has 100 valence electrons. The summed E-state index contributed by atoms with van der Waals surface area (Å²) < 4.78 is 27.5. The number of halogens is 2. The van der Waals surface area contributed by atoms with E-state index in [1.807, 2.05) is 6.07 Å². The first-order valence-electron chi connectivity index (χ1n) is 5.83. The van der Waals surface area contributed by atoms with Gasteiger partial charge >= 0.3 is 0 Å². The normalized spacial score (nSPS) is 10.7. The largest absolute Gasteiger partial charge is 0.320 e. The fourth-order valence-corrected chi connectivity index (χ4v) is 1.81. The van der Waals surface area contributed by atoms with Gasteiger partial charge in [0.25, 0.3) is 5.91 Å². The third-order valence-electron chi connectivity index (χ3n) is 2.77. The molecule has 1 amide bonds. The molecule has 0 saturated carbocycles. The number of amides is 1. The van der Waals surface area contributed by atoms with Gasteiger partial charge in [0.1, 0.15) is 11.3 Å². The molecule has 0 aliphatic rings. The smallest absolute Gasteiger partial charge is 0.275 e. The molecule has 0 aliphatic carbocycles. The zero-order valence-corrected chi connectivity index (χ0v) is 10.2. The van der Waals surface area contributed by atoms with E-state index in [1.165, 1.54) is 6.07 Å². The lowest BCUT2D eigenvalue weighted by Gasteiger charge is -2.03. The summed E-state index contributed by atoms with van der Waals surface area (Å²) in [5, 5.41) is 2.47. The van der Waals surface area contributed by atoms with E-state index < -0.39 is 17.5 Å². The number of anilines is 1. The Morgan fingerprint density at radius 1 is 1.15 bits per heavy atom. The quantitative estimate of drug-likeness (QED) is 0.780. The van der Waals surface area contributed by atoms with Crippen LogP contribution in [0.15, 0.2) is 48.8 Å². The Morgan fingerprint density at radius 3 is 2.75 bits per heavy atom. The van der Waals surface area contributed by atoms with Crippen molar-refractivity contribution in [2.45, 2.75) is 0 Å². The van der Waals surface area contributed by atoms with Crippen LogP contribution in [0.2, 0.25) is 0 Å². The summed E-state index contributed by atoms with van der Waals surface area (Å²) in [6, 6.07) is 8.53. The molecule has 0 radical (unpaired) electrons. The molecule has 0 spiro atoms. The van der Waals surface area contributed by atoms with Gasteiger partial charge in [-0.25, -0.2) is 13.8 Å². The Balaban J connectivity index is 1.86. The molecule has 1 N–H and O–H groups in total. The number of benzene rings is 1. The summed E-state index contributed by atoms with van der Waals surface area (Å²) in [5.74, 6) is -2.46. The molecular formula is C14H9F2N3O. The van der Waals surface area contributed by atoms with Gasteiger partial charge in [0.15, 0.2) is 11.6 Å². The number of nitrogens with zero attached hydrogens (tertiary/aromatic N) is 2. The summed E-state index contributed by atoms with van der Waals surface area (Å²) in [4.78, 5) is 16.1. The summed E-state index contributed by atoms with van der Waals surface area (Å²) in [6.07, 6.45) is 3.32. The van der Waals surface area contributed by atoms with Crippen LogP contribution in [0.4, 0.5) is 14.5 Å². The number of carbonyl (C=O) groups excluding carboxylic acids is 1. The number of hydrogen-bond acceptors (Lipinski definition) is 2. The van der Waals surface area contributed by atoms with Gasteiger partial charge in [0, 0.05) is 24.1 Å². The molecule has 1 aromatic carbocycles. The average Bonchev–Trinajstić information content (AvgIpc) is 2.87. The molecule has 2 aromatic heterocycles. The van der Waals surface area contributed by atoms with Crippen LogP contribution >= 0.6 is 0 Å². The van der Waals surface area contributed by atoms with Gasteiger partial charge in [0.2, 0.25) is 0 Å². The van der Waals surface area contributed by atoms with Crippen LogP contribution in [-0.2, 0) is 0 Å². The predicted molar refractivity (Wildman–Crippen MR) is 69.5 cm³/mol. The van der Waals surface area contributed by atoms with E-state index in [-0.39, 0.29) is 11.4 Å². The molecule has 20 heavy (non-hydrogen) atoms. The van der Waals surface area contributed by atoms with Crippen LogP contribution in [0, 0.1) is 11.6 Å². The minimum absolute atomic E-state index is 0.172. The fraction of sp³-hybridized carbons (Fsp3) is 0. The lowest BCUT2D eigenvalue weighted by atomic mass is 10.3. The molecule has 0 aliphatic heterocycles. The van der Waals surface area contributed by atoms with Gasteiger partial charge in [0.05, 0.1) is 0 Å². The number of imidazole rings is 1. The molecule has 0 unspecified atom stereocenters. The highest BCUT2D eigenvalue weighted by molar-refractivity contribution is 6.03. The number of rotatable bonds is 2. The SMILES string of the molecule is O=C(Nc1ccc(F)c(F)c1)c1cn2ccccc2n1. The first-order valence-corrected chi connectivity index (χ1v) is 5.83. The number of pyridine rings is 1. The Morgan fingerprint density at radius 2 is 2.00 bits per heavy atom. The molecule has 2 heterocycles. The zero-order valence-electron chi connectivity index (χ0n) is 10.2. The van der Waals surface area contributed by atoms with E-state index in [0.29, 0.717) is 5.65 Å². The highest BCUT2D eigenvalue weighted by Crippen LogP contribution is 2.14. The fourth-order valence-electron chi connectivity index (χ4n) is 1.81. The maximum Gasteiger partial charge on any atom is 0.275 e. The maximum atomic E-state index is 13.1. The maximum absolute atomic E-state index is 13.1. The van der Waals surface area contributed by atoms with Crippen LogP contribution in [0.3, 0.4) is 0 Å². The standard InChI is InChI=1S/C14H9F2N3O/c15-10-5-4-9(7-11(10)16)17-14(20)12-8-19-6-2-1-3-13(19)18-12/h1-8H,(H,17,20). The second kappa shape index (κ2) is 4.73. The van der Waals surface area contributed by atoms with Crippen molar-refractivity contribution in [1.82, 2.24) is 9.38 Å². The zero-order chi connectivity index (χ0) is 14.1. The van der Waals surface area contributed by atoms with Crippen molar-refractivity contribution < 1.29 is 13.6 Å². The third-order valence-corrected chi connectivity index (χ3v) is 2.77. The topological polar surface area (TPSA) is 46.4 Å². The van der Waals surface area contributed by atoms with Gasteiger partial charge in [-0.15, -0.1) is 0 Å². The molecule has 6 heteroatoms. The molecule has 3 aromatic rings. The highest BCUT2D eigenvalue weighted by Gasteiger charge is 2.12. The van der Waals surface area contributed by atoms with Crippen LogP contribution in [0.1, 0.15) is 10.5 Å². The van der Waals surface area contributed by atoms with Gasteiger partial charge in [-0.1, -0.05) is 6.07 Å². The minimum Gasteiger partial charge on any atom is -0.320 e. The third kappa shape index (κ3) is 2.23. The van der Waals surface area contributed by atoms with Crippen molar-refractivity contribution >= 4 is 17.2 Å². The van der Waals surface area contributed by atoms with Gasteiger partial charge < -0.3 is 9.72 Å². The second-order valence-electron chi connectivity index (χ2n) is 4.18. The molecule has 0 saturated heterocycles. The van der Waals surface area contributed by atoms with Crippen molar-refractivity contribution in [1.29, 1.82) is 0 Å². The summed E-state index contributed by atoms with van der Waals surface area (Å²) in [6.45, 7) is 0. The number of aromatic nitrogens is 2. The first kappa shape index (κ1) is 12.3. The van der Waals surface area contributed by atoms with E-state index in [1.54, 1.807) is 28.9 Å². The summed E-state index contributed by atoms with van der Waals surface area (Å²) in [5.41, 5.74) is 0.995. The van der Waals surface area contributed by atoms with E-state index in [2.05, 4.69) is 10.3 Å². The van der Waals surface area contributed by atoms with E-state index >= 15 is 0 Å². The highest BCUT2D eigenvalue weighted by atomic mass is 19.2. The van der Waals surface area contributed by atoms with Crippen LogP contribution in [0.25, 0.3) is 5.65 Å². The summed E-state index contributed by atoms with van der Waals surface area (Å²) >= 11 is 0. The van der Waals surface area contributed by atoms with Gasteiger partial charge in [-0.2, -0.15) is 0 Å². The predicted octanol–water partition coefficient (Wildman–Crippen LogP) is 2.86. The monoisotopic (exact) mass is 273 g/mol. The number of carbonyl (C=O) groups is 1. The van der Waals surface area contributed by atoms with Gasteiger partial charge in [-0.05, 0) is 24.3 Å². The van der Waals surface area contributed by atoms with E-state index in [0.717, 1.165) is 12.1 Å². The van der Waals surface area contributed by atoms with Crippen molar-refractivity contribution in [2.75, 3.05) is 5.32 Å². The first-order chi connectivity index (χ1) is 9.63. The van der Waals surface area contributed by atoms with Crippen LogP contribution < -0.4 is 5.32 Å². The van der Waals surface area contributed by atoms with Crippen molar-refractivity contribution in [3.8, 4) is 0 Å². The van der Waals surface area contributed by atoms with Crippen LogP contribution in [-0.4, -0.2) is 15.3 Å². The Hall–Kier alpha value is -2.76. The van der Waals surface area contributed by atoms with Gasteiger partial charge in [-0.3, -0.25) is 4.79 Å². The lowest BCUT2D eigenvalue weighted by molar-refractivity contribution is 0.102. The average molecular weight is 273 g/mol. The molecule has 4 nitrogen and oxygen atoms in total. The van der Waals surface area contributed by atoms with E-state index in [9.17, 15) is 13.6 Å². The van der Waals surface area contributed by atoms with E-state index in [4.69, 9.17) is 0 Å². The Kier molecular flexibility index (Phi) is 2.90. The van der Waals surface area contributed by atoms with Crippen molar-refractivity contribution in [3.63, 3.8) is 0 Å². The lowest BCUT2D eigenvalue weighted by Crippen LogP contribution is -2.12. The minimum atomic E-state index is -1.02. The molecule has 0 fully saturated rings. The molecule has 0 atom stereocenters. The summed E-state index contributed by atoms with van der Waals surface area (Å²) in [7, 11) is 0. The molecule has 0 bridgehead atoms. The second-order valence-corrected chi connectivity index (χ2v) is 4.18. The molecular weight excluding hydrogens is 264 g/mol. The number of nitrogens with one attached hydrogen (secondary N) is 1. The number of fused-ring (bicyclic) bond motifs is 1. The number of hydrogen-bond donors (Lipinski definition) is 1.